The number of carbonyl (C=O) groups excluding carboxylic acids is 1. The van der Waals surface area contributed by atoms with Gasteiger partial charge >= 0.3 is 0 Å². The summed E-state index contributed by atoms with van der Waals surface area (Å²) < 4.78 is 6.72. The minimum absolute atomic E-state index is 0.0681. The lowest BCUT2D eigenvalue weighted by molar-refractivity contribution is 0.0985. The second-order valence-corrected chi connectivity index (χ2v) is 7.28. The quantitative estimate of drug-likeness (QED) is 0.435. The van der Waals surface area contributed by atoms with E-state index >= 15 is 0 Å². The third kappa shape index (κ3) is 3.75. The third-order valence-corrected chi connectivity index (χ3v) is 5.39. The lowest BCUT2D eigenvalue weighted by Crippen LogP contribution is -2.30. The van der Waals surface area contributed by atoms with Crippen LogP contribution in [-0.2, 0) is 6.54 Å². The fraction of sp³-hybridized carbons (Fsp3) is 0.130. The van der Waals surface area contributed by atoms with Gasteiger partial charge in [0.05, 0.1) is 17.9 Å². The first-order valence-corrected chi connectivity index (χ1v) is 10.0. The van der Waals surface area contributed by atoms with Gasteiger partial charge in [-0.3, -0.25) is 9.69 Å². The summed E-state index contributed by atoms with van der Waals surface area (Å²) in [6, 6.07) is 25.2. The molecule has 0 saturated carbocycles. The topological polar surface area (TPSA) is 42.4 Å². The zero-order valence-corrected chi connectivity index (χ0v) is 16.4. The van der Waals surface area contributed by atoms with Gasteiger partial charge in [0.1, 0.15) is 11.3 Å². The predicted octanol–water partition coefficient (Wildman–Crippen LogP) is 5.54. The molecule has 3 aromatic carbocycles. The van der Waals surface area contributed by atoms with Crippen molar-refractivity contribution in [3.8, 4) is 5.75 Å². The Morgan fingerprint density at radius 1 is 0.964 bits per heavy atom. The van der Waals surface area contributed by atoms with Crippen molar-refractivity contribution < 1.29 is 9.53 Å². The highest BCUT2D eigenvalue weighted by Gasteiger charge is 2.22. The Morgan fingerprint density at radius 3 is 2.39 bits per heavy atom. The Morgan fingerprint density at radius 2 is 1.68 bits per heavy atom. The maximum atomic E-state index is 13.3. The van der Waals surface area contributed by atoms with Crippen molar-refractivity contribution in [1.29, 1.82) is 0 Å². The Labute approximate surface area is 168 Å². The number of hydrogen-bond donors (Lipinski definition) is 0. The number of ether oxygens (including phenoxy) is 1. The number of thiazole rings is 1. The summed E-state index contributed by atoms with van der Waals surface area (Å²) in [4.78, 5) is 19.8. The molecule has 0 aliphatic heterocycles. The van der Waals surface area contributed by atoms with Crippen LogP contribution in [0.3, 0.4) is 0 Å². The second-order valence-electron chi connectivity index (χ2n) is 6.28. The number of nitrogens with zero attached hydrogens (tertiary/aromatic N) is 2. The van der Waals surface area contributed by atoms with Gasteiger partial charge in [0.15, 0.2) is 5.13 Å². The summed E-state index contributed by atoms with van der Waals surface area (Å²) >= 11 is 1.50. The van der Waals surface area contributed by atoms with Gasteiger partial charge in [-0.1, -0.05) is 65.9 Å². The second kappa shape index (κ2) is 8.23. The van der Waals surface area contributed by atoms with E-state index in [2.05, 4.69) is 0 Å². The van der Waals surface area contributed by atoms with Crippen LogP contribution in [0.25, 0.3) is 10.2 Å². The van der Waals surface area contributed by atoms with Crippen LogP contribution < -0.4 is 9.64 Å². The molecular formula is C23H20N2O2S. The van der Waals surface area contributed by atoms with Crippen molar-refractivity contribution in [2.45, 2.75) is 13.5 Å². The highest BCUT2D eigenvalue weighted by Crippen LogP contribution is 2.35. The molecule has 1 aromatic heterocycles. The molecule has 4 aromatic rings. The van der Waals surface area contributed by atoms with Gasteiger partial charge in [-0.25, -0.2) is 4.98 Å². The van der Waals surface area contributed by atoms with Crippen LogP contribution in [0.5, 0.6) is 5.75 Å². The number of anilines is 1. The first kappa shape index (κ1) is 18.2. The van der Waals surface area contributed by atoms with Gasteiger partial charge in [0.2, 0.25) is 0 Å². The molecule has 0 N–H and O–H groups in total. The first-order valence-electron chi connectivity index (χ1n) is 9.19. The molecule has 1 amide bonds. The van der Waals surface area contributed by atoms with Crippen LogP contribution in [0.4, 0.5) is 5.13 Å². The summed E-state index contributed by atoms with van der Waals surface area (Å²) in [5, 5.41) is 0.667. The maximum absolute atomic E-state index is 13.3. The minimum atomic E-state index is -0.0681. The molecule has 0 bridgehead atoms. The Balaban J connectivity index is 1.77. The summed E-state index contributed by atoms with van der Waals surface area (Å²) in [6.45, 7) is 2.98. The van der Waals surface area contributed by atoms with Crippen molar-refractivity contribution in [1.82, 2.24) is 4.98 Å². The number of rotatable bonds is 6. The van der Waals surface area contributed by atoms with Gasteiger partial charge in [-0.2, -0.15) is 0 Å². The molecule has 0 aliphatic carbocycles. The largest absolute Gasteiger partial charge is 0.492 e. The van der Waals surface area contributed by atoms with Crippen molar-refractivity contribution in [3.05, 3.63) is 90.0 Å². The molecule has 0 saturated heterocycles. The zero-order chi connectivity index (χ0) is 19.3. The molecule has 0 spiro atoms. The van der Waals surface area contributed by atoms with E-state index in [4.69, 9.17) is 9.72 Å². The minimum Gasteiger partial charge on any atom is -0.492 e. The molecule has 1 heterocycles. The molecule has 140 valence electrons. The van der Waals surface area contributed by atoms with Crippen molar-refractivity contribution in [2.75, 3.05) is 11.5 Å². The van der Waals surface area contributed by atoms with Crippen LogP contribution in [-0.4, -0.2) is 17.5 Å². The van der Waals surface area contributed by atoms with E-state index in [1.165, 1.54) is 11.3 Å². The van der Waals surface area contributed by atoms with E-state index < -0.39 is 0 Å². The van der Waals surface area contributed by atoms with Gasteiger partial charge in [-0.15, -0.1) is 0 Å². The average molecular weight is 388 g/mol. The Hall–Kier alpha value is -3.18. The van der Waals surface area contributed by atoms with Gasteiger partial charge in [0.25, 0.3) is 5.91 Å². The standard InChI is InChI=1S/C23H20N2O2S/c1-2-27-19-14-9-15-20-21(19)24-23(28-20)25(16-17-10-5-3-6-11-17)22(26)18-12-7-4-8-13-18/h3-15H,2,16H2,1H3. The lowest BCUT2D eigenvalue weighted by atomic mass is 10.1. The summed E-state index contributed by atoms with van der Waals surface area (Å²) in [5.41, 5.74) is 2.49. The number of amides is 1. The maximum Gasteiger partial charge on any atom is 0.260 e. The predicted molar refractivity (Wildman–Crippen MR) is 114 cm³/mol. The fourth-order valence-corrected chi connectivity index (χ4v) is 4.01. The van der Waals surface area contributed by atoms with E-state index in [1.54, 1.807) is 4.90 Å². The van der Waals surface area contributed by atoms with E-state index in [0.29, 0.717) is 23.8 Å². The smallest absolute Gasteiger partial charge is 0.260 e. The van der Waals surface area contributed by atoms with Gasteiger partial charge < -0.3 is 4.74 Å². The van der Waals surface area contributed by atoms with Crippen molar-refractivity contribution >= 4 is 32.6 Å². The zero-order valence-electron chi connectivity index (χ0n) is 15.5. The van der Waals surface area contributed by atoms with E-state index in [-0.39, 0.29) is 5.91 Å². The molecule has 5 heteroatoms. The molecule has 0 unspecified atom stereocenters. The highest BCUT2D eigenvalue weighted by atomic mass is 32.1. The number of aromatic nitrogens is 1. The first-order chi connectivity index (χ1) is 13.8. The van der Waals surface area contributed by atoms with Crippen LogP contribution in [0, 0.1) is 0 Å². The number of fused-ring (bicyclic) bond motifs is 1. The molecule has 0 atom stereocenters. The molecule has 4 nitrogen and oxygen atoms in total. The number of benzene rings is 3. The van der Waals surface area contributed by atoms with E-state index in [9.17, 15) is 4.79 Å². The van der Waals surface area contributed by atoms with Crippen LogP contribution >= 0.6 is 11.3 Å². The third-order valence-electron chi connectivity index (χ3n) is 4.35. The highest BCUT2D eigenvalue weighted by molar-refractivity contribution is 7.22. The average Bonchev–Trinajstić information content (AvgIpc) is 3.18. The van der Waals surface area contributed by atoms with Gasteiger partial charge in [0, 0.05) is 5.56 Å². The molecule has 0 aliphatic rings. The normalized spacial score (nSPS) is 10.8. The molecule has 0 radical (unpaired) electrons. The molecule has 4 rings (SSSR count). The van der Waals surface area contributed by atoms with Crippen molar-refractivity contribution in [2.24, 2.45) is 0 Å². The number of carbonyl (C=O) groups is 1. The van der Waals surface area contributed by atoms with Crippen molar-refractivity contribution in [3.63, 3.8) is 0 Å². The SMILES string of the molecule is CCOc1cccc2sc(N(Cc3ccccc3)C(=O)c3ccccc3)nc12. The number of para-hydroxylation sites is 1. The van der Waals surface area contributed by atoms with Crippen LogP contribution in [0.15, 0.2) is 78.9 Å². The monoisotopic (exact) mass is 388 g/mol. The van der Waals surface area contributed by atoms with Gasteiger partial charge in [-0.05, 0) is 36.8 Å². The summed E-state index contributed by atoms with van der Waals surface area (Å²) in [6.07, 6.45) is 0. The number of hydrogen-bond acceptors (Lipinski definition) is 4. The Kier molecular flexibility index (Phi) is 5.35. The van der Waals surface area contributed by atoms with Crippen LogP contribution in [0.2, 0.25) is 0 Å². The summed E-state index contributed by atoms with van der Waals surface area (Å²) in [5.74, 6) is 0.677. The summed E-state index contributed by atoms with van der Waals surface area (Å²) in [7, 11) is 0. The fourth-order valence-electron chi connectivity index (χ4n) is 3.03. The van der Waals surface area contributed by atoms with E-state index in [1.807, 2.05) is 85.8 Å². The molecule has 0 fully saturated rings. The Bertz CT molecular complexity index is 1080. The molecule has 28 heavy (non-hydrogen) atoms. The lowest BCUT2D eigenvalue weighted by Gasteiger charge is -2.20. The van der Waals surface area contributed by atoms with E-state index in [0.717, 1.165) is 21.5 Å². The molecular weight excluding hydrogens is 368 g/mol. The van der Waals surface area contributed by atoms with Crippen LogP contribution in [0.1, 0.15) is 22.8 Å².